The number of benzene rings is 2. The fraction of sp³-hybridized carbons (Fsp3) is 0.235. The van der Waals surface area contributed by atoms with Crippen LogP contribution in [0.1, 0.15) is 24.2 Å². The van der Waals surface area contributed by atoms with Crippen LogP contribution < -0.4 is 9.47 Å². The number of phenols is 2. The first-order valence-corrected chi connectivity index (χ1v) is 6.94. The number of hydrogen-bond acceptors (Lipinski definition) is 5. The highest BCUT2D eigenvalue weighted by molar-refractivity contribution is 5.74. The summed E-state index contributed by atoms with van der Waals surface area (Å²) in [4.78, 5) is 10.0. The number of para-hydroxylation sites is 1. The minimum atomic E-state index is 0.118. The van der Waals surface area contributed by atoms with Gasteiger partial charge in [-0.3, -0.25) is 4.79 Å². The zero-order valence-corrected chi connectivity index (χ0v) is 12.7. The van der Waals surface area contributed by atoms with Crippen molar-refractivity contribution in [2.24, 2.45) is 0 Å². The summed E-state index contributed by atoms with van der Waals surface area (Å²) in [6.07, 6.45) is 0.736. The van der Waals surface area contributed by atoms with E-state index >= 15 is 0 Å². The topological polar surface area (TPSA) is 76.0 Å². The van der Waals surface area contributed by atoms with E-state index < -0.39 is 0 Å². The molecule has 0 aliphatic carbocycles. The lowest BCUT2D eigenvalue weighted by Gasteiger charge is -2.11. The molecule has 0 aliphatic rings. The van der Waals surface area contributed by atoms with E-state index in [1.165, 1.54) is 12.1 Å². The van der Waals surface area contributed by atoms with Crippen molar-refractivity contribution in [2.45, 2.75) is 13.8 Å². The molecule has 118 valence electrons. The van der Waals surface area contributed by atoms with Gasteiger partial charge in [0, 0.05) is 5.56 Å². The number of aromatic hydroxyl groups is 2. The van der Waals surface area contributed by atoms with Gasteiger partial charge in [-0.05, 0) is 50.2 Å². The van der Waals surface area contributed by atoms with E-state index in [0.29, 0.717) is 30.3 Å². The average molecular weight is 304 g/mol. The third kappa shape index (κ3) is 5.36. The minimum Gasteiger partial charge on any atom is -0.508 e. The molecular formula is C17H20O5. The van der Waals surface area contributed by atoms with Crippen molar-refractivity contribution < 1.29 is 24.5 Å². The molecule has 0 aliphatic heterocycles. The molecule has 0 aromatic heterocycles. The van der Waals surface area contributed by atoms with E-state index in [9.17, 15) is 9.90 Å². The Bertz CT molecular complexity index is 578. The van der Waals surface area contributed by atoms with Crippen LogP contribution in [-0.2, 0) is 0 Å². The van der Waals surface area contributed by atoms with E-state index in [1.807, 2.05) is 13.8 Å². The van der Waals surface area contributed by atoms with Gasteiger partial charge in [-0.25, -0.2) is 0 Å². The average Bonchev–Trinajstić information content (AvgIpc) is 2.52. The van der Waals surface area contributed by atoms with Crippen molar-refractivity contribution >= 4 is 6.29 Å². The van der Waals surface area contributed by atoms with Crippen LogP contribution in [-0.4, -0.2) is 29.7 Å². The van der Waals surface area contributed by atoms with Crippen LogP contribution in [0.5, 0.6) is 23.0 Å². The zero-order valence-electron chi connectivity index (χ0n) is 12.7. The minimum absolute atomic E-state index is 0.118. The van der Waals surface area contributed by atoms with Crippen molar-refractivity contribution in [3.8, 4) is 23.0 Å². The standard InChI is InChI=1S/C10H14O3.C7H6O2/c1-3-12-9-7-5-6-8(11)10(9)13-4-2;8-5-6-1-3-7(9)4-2-6/h5-7,11H,3-4H2,1-2H3;1-5,9H. The van der Waals surface area contributed by atoms with Crippen LogP contribution in [0, 0.1) is 0 Å². The van der Waals surface area contributed by atoms with Gasteiger partial charge < -0.3 is 19.7 Å². The van der Waals surface area contributed by atoms with Gasteiger partial charge in [0.15, 0.2) is 11.5 Å². The highest BCUT2D eigenvalue weighted by Crippen LogP contribution is 2.35. The summed E-state index contributed by atoms with van der Waals surface area (Å²) >= 11 is 0. The summed E-state index contributed by atoms with van der Waals surface area (Å²) < 4.78 is 10.5. The van der Waals surface area contributed by atoms with Crippen LogP contribution in [0.3, 0.4) is 0 Å². The maximum Gasteiger partial charge on any atom is 0.203 e. The van der Waals surface area contributed by atoms with Gasteiger partial charge in [0.2, 0.25) is 5.75 Å². The second kappa shape index (κ2) is 9.28. The summed E-state index contributed by atoms with van der Waals surface area (Å²) in [5.74, 6) is 1.31. The van der Waals surface area contributed by atoms with Gasteiger partial charge in [-0.2, -0.15) is 0 Å². The number of ether oxygens (including phenoxy) is 2. The van der Waals surface area contributed by atoms with Gasteiger partial charge >= 0.3 is 0 Å². The molecule has 2 aromatic rings. The Hall–Kier alpha value is -2.69. The molecular weight excluding hydrogens is 284 g/mol. The third-order valence-electron chi connectivity index (χ3n) is 2.58. The summed E-state index contributed by atoms with van der Waals surface area (Å²) in [6.45, 7) is 4.82. The number of aldehydes is 1. The van der Waals surface area contributed by atoms with Gasteiger partial charge in [0.05, 0.1) is 13.2 Å². The number of phenolic OH excluding ortho intramolecular Hbond substituents is 2. The predicted octanol–water partition coefficient (Wildman–Crippen LogP) is 3.39. The molecule has 0 unspecified atom stereocenters. The monoisotopic (exact) mass is 304 g/mol. The fourth-order valence-electron chi connectivity index (χ4n) is 1.62. The maximum atomic E-state index is 10.0. The first-order valence-electron chi connectivity index (χ1n) is 6.94. The molecule has 0 spiro atoms. The van der Waals surface area contributed by atoms with E-state index in [2.05, 4.69) is 0 Å². The van der Waals surface area contributed by atoms with E-state index in [0.717, 1.165) is 6.29 Å². The van der Waals surface area contributed by atoms with Crippen molar-refractivity contribution in [3.63, 3.8) is 0 Å². The quantitative estimate of drug-likeness (QED) is 0.828. The lowest BCUT2D eigenvalue weighted by atomic mass is 10.2. The normalized spacial score (nSPS) is 9.36. The van der Waals surface area contributed by atoms with E-state index in [4.69, 9.17) is 14.6 Å². The lowest BCUT2D eigenvalue weighted by molar-refractivity contribution is 0.112. The van der Waals surface area contributed by atoms with Crippen molar-refractivity contribution in [1.29, 1.82) is 0 Å². The van der Waals surface area contributed by atoms with Crippen molar-refractivity contribution in [3.05, 3.63) is 48.0 Å². The molecule has 2 N–H and O–H groups in total. The van der Waals surface area contributed by atoms with Crippen LogP contribution in [0.2, 0.25) is 0 Å². The molecule has 0 amide bonds. The number of hydrogen-bond donors (Lipinski definition) is 2. The number of rotatable bonds is 5. The molecule has 0 bridgehead atoms. The van der Waals surface area contributed by atoms with Crippen LogP contribution >= 0.6 is 0 Å². The molecule has 5 nitrogen and oxygen atoms in total. The first kappa shape index (κ1) is 17.4. The molecule has 5 heteroatoms. The van der Waals surface area contributed by atoms with Crippen LogP contribution in [0.15, 0.2) is 42.5 Å². The van der Waals surface area contributed by atoms with Crippen molar-refractivity contribution in [1.82, 2.24) is 0 Å². The van der Waals surface area contributed by atoms with E-state index in [1.54, 1.807) is 30.3 Å². The van der Waals surface area contributed by atoms with Gasteiger partial charge in [0.1, 0.15) is 12.0 Å². The van der Waals surface area contributed by atoms with Crippen LogP contribution in [0.25, 0.3) is 0 Å². The second-order valence-electron chi connectivity index (χ2n) is 4.18. The smallest absolute Gasteiger partial charge is 0.203 e. The Balaban J connectivity index is 0.000000235. The Kier molecular flexibility index (Phi) is 7.33. The van der Waals surface area contributed by atoms with E-state index in [-0.39, 0.29) is 11.5 Å². The SMILES string of the molecule is CCOc1cccc(O)c1OCC.O=Cc1ccc(O)cc1. The Morgan fingerprint density at radius 3 is 2.14 bits per heavy atom. The molecule has 0 fully saturated rings. The van der Waals surface area contributed by atoms with Crippen molar-refractivity contribution in [2.75, 3.05) is 13.2 Å². The summed E-state index contributed by atoms with van der Waals surface area (Å²) in [6, 6.07) is 11.1. The first-order chi connectivity index (χ1) is 10.6. The highest BCUT2D eigenvalue weighted by atomic mass is 16.5. The largest absolute Gasteiger partial charge is 0.508 e. The summed E-state index contributed by atoms with van der Waals surface area (Å²) in [7, 11) is 0. The zero-order chi connectivity index (χ0) is 16.4. The van der Waals surface area contributed by atoms with Crippen LogP contribution in [0.4, 0.5) is 0 Å². The third-order valence-corrected chi connectivity index (χ3v) is 2.58. The molecule has 0 saturated heterocycles. The Labute approximate surface area is 129 Å². The summed E-state index contributed by atoms with van der Waals surface area (Å²) in [5, 5.41) is 18.2. The molecule has 22 heavy (non-hydrogen) atoms. The maximum absolute atomic E-state index is 10.0. The molecule has 0 heterocycles. The molecule has 2 rings (SSSR count). The molecule has 0 saturated carbocycles. The molecule has 0 atom stereocenters. The number of carbonyl (C=O) groups excluding carboxylic acids is 1. The predicted molar refractivity (Wildman–Crippen MR) is 83.9 cm³/mol. The number of carbonyl (C=O) groups is 1. The van der Waals surface area contributed by atoms with Gasteiger partial charge in [0.25, 0.3) is 0 Å². The lowest BCUT2D eigenvalue weighted by Crippen LogP contribution is -1.98. The van der Waals surface area contributed by atoms with Gasteiger partial charge in [-0.1, -0.05) is 6.07 Å². The Morgan fingerprint density at radius 2 is 1.59 bits per heavy atom. The molecule has 0 radical (unpaired) electrons. The fourth-order valence-corrected chi connectivity index (χ4v) is 1.62. The summed E-state index contributed by atoms with van der Waals surface area (Å²) in [5.41, 5.74) is 0.577. The highest BCUT2D eigenvalue weighted by Gasteiger charge is 2.08. The second-order valence-corrected chi connectivity index (χ2v) is 4.18. The Morgan fingerprint density at radius 1 is 0.955 bits per heavy atom. The van der Waals surface area contributed by atoms with Gasteiger partial charge in [-0.15, -0.1) is 0 Å². The molecule has 2 aromatic carbocycles.